The zero-order valence-electron chi connectivity index (χ0n) is 14.2. The number of anilines is 1. The molecule has 8 heteroatoms. The van der Waals surface area contributed by atoms with Gasteiger partial charge in [-0.1, -0.05) is 37.3 Å². The molecule has 0 aliphatic rings. The van der Waals surface area contributed by atoms with Crippen LogP contribution in [0.4, 0.5) is 19.3 Å². The highest BCUT2D eigenvalue weighted by molar-refractivity contribution is 7.91. The summed E-state index contributed by atoms with van der Waals surface area (Å²) in [6, 6.07) is 13.8. The largest absolute Gasteiger partial charge is 0.341 e. The lowest BCUT2D eigenvalue weighted by molar-refractivity contribution is 0.209. The van der Waals surface area contributed by atoms with E-state index in [1.807, 2.05) is 37.3 Å². The summed E-state index contributed by atoms with van der Waals surface area (Å²) in [6.07, 6.45) is 0.770. The third-order valence-electron chi connectivity index (χ3n) is 3.67. The average molecular weight is 382 g/mol. The van der Waals surface area contributed by atoms with Crippen molar-refractivity contribution >= 4 is 21.6 Å². The van der Waals surface area contributed by atoms with Gasteiger partial charge in [0.2, 0.25) is 9.84 Å². The molecule has 0 aliphatic carbocycles. The van der Waals surface area contributed by atoms with Crippen LogP contribution in [0.1, 0.15) is 18.9 Å². The molecule has 0 saturated carbocycles. The first-order valence-corrected chi connectivity index (χ1v) is 9.61. The lowest BCUT2D eigenvalue weighted by atomic mass is 10.2. The van der Waals surface area contributed by atoms with Crippen LogP contribution in [0.15, 0.2) is 59.5 Å². The predicted molar refractivity (Wildman–Crippen MR) is 95.8 cm³/mol. The van der Waals surface area contributed by atoms with Crippen LogP contribution in [0, 0.1) is 0 Å². The van der Waals surface area contributed by atoms with E-state index in [-0.39, 0.29) is 6.03 Å². The van der Waals surface area contributed by atoms with Crippen LogP contribution < -0.4 is 5.32 Å². The highest BCUT2D eigenvalue weighted by Gasteiger charge is 2.26. The molecule has 0 aromatic heterocycles. The molecule has 0 spiro atoms. The van der Waals surface area contributed by atoms with E-state index in [4.69, 9.17) is 0 Å². The maximum atomic E-state index is 12.5. The van der Waals surface area contributed by atoms with Crippen LogP contribution in [0.5, 0.6) is 0 Å². The predicted octanol–water partition coefficient (Wildman–Crippen LogP) is 4.13. The fourth-order valence-electron chi connectivity index (χ4n) is 2.36. The number of carbonyl (C=O) groups is 1. The molecule has 0 bridgehead atoms. The van der Waals surface area contributed by atoms with Crippen molar-refractivity contribution in [2.24, 2.45) is 0 Å². The first-order valence-electron chi connectivity index (χ1n) is 8.06. The van der Waals surface area contributed by atoms with Crippen molar-refractivity contribution in [1.82, 2.24) is 4.90 Å². The van der Waals surface area contributed by atoms with Gasteiger partial charge < -0.3 is 10.2 Å². The summed E-state index contributed by atoms with van der Waals surface area (Å²) in [5.41, 5.74) is 1.31. The number of sulfone groups is 1. The van der Waals surface area contributed by atoms with E-state index in [2.05, 4.69) is 5.32 Å². The lowest BCUT2D eigenvalue weighted by Crippen LogP contribution is -2.35. The third kappa shape index (κ3) is 5.01. The number of alkyl halides is 2. The molecule has 0 radical (unpaired) electrons. The highest BCUT2D eigenvalue weighted by atomic mass is 32.2. The molecule has 2 amide bonds. The van der Waals surface area contributed by atoms with Crippen molar-refractivity contribution in [1.29, 1.82) is 0 Å². The van der Waals surface area contributed by atoms with Gasteiger partial charge in [-0.15, -0.1) is 0 Å². The van der Waals surface area contributed by atoms with Gasteiger partial charge in [-0.25, -0.2) is 13.2 Å². The van der Waals surface area contributed by atoms with Crippen molar-refractivity contribution in [2.75, 3.05) is 11.9 Å². The van der Waals surface area contributed by atoms with E-state index in [0.29, 0.717) is 18.8 Å². The Morgan fingerprint density at radius 2 is 1.69 bits per heavy atom. The fraction of sp³-hybridized carbons (Fsp3) is 0.278. The molecule has 2 aromatic carbocycles. The zero-order chi connectivity index (χ0) is 19.2. The number of urea groups is 1. The van der Waals surface area contributed by atoms with Crippen molar-refractivity contribution < 1.29 is 22.0 Å². The summed E-state index contributed by atoms with van der Waals surface area (Å²) in [7, 11) is -4.64. The second-order valence-electron chi connectivity index (χ2n) is 5.67. The zero-order valence-corrected chi connectivity index (χ0v) is 15.0. The van der Waals surface area contributed by atoms with Gasteiger partial charge in [-0.05, 0) is 36.2 Å². The van der Waals surface area contributed by atoms with Gasteiger partial charge in [0.1, 0.15) is 0 Å². The summed E-state index contributed by atoms with van der Waals surface area (Å²) in [6.45, 7) is 2.92. The van der Waals surface area contributed by atoms with E-state index in [1.165, 1.54) is 12.1 Å². The number of benzene rings is 2. The summed E-state index contributed by atoms with van der Waals surface area (Å²) in [5.74, 6) is -3.48. The lowest BCUT2D eigenvalue weighted by Gasteiger charge is -2.22. The van der Waals surface area contributed by atoms with Gasteiger partial charge in [0.25, 0.3) is 0 Å². The Kier molecular flexibility index (Phi) is 6.68. The third-order valence-corrected chi connectivity index (χ3v) is 5.06. The summed E-state index contributed by atoms with van der Waals surface area (Å²) < 4.78 is 47.9. The minimum absolute atomic E-state index is 0.331. The first kappa shape index (κ1) is 19.8. The average Bonchev–Trinajstić information content (AvgIpc) is 2.62. The Morgan fingerprint density at radius 1 is 1.08 bits per heavy atom. The first-order chi connectivity index (χ1) is 12.3. The standard InChI is InChI=1S/C18H20F2N2O3S/c1-2-12-22(13-14-6-4-3-5-7-14)18(23)21-15-8-10-16(11-9-15)26(24,25)17(19)20/h3-11,17H,2,12-13H2,1H3,(H,21,23). The van der Waals surface area contributed by atoms with Crippen molar-refractivity contribution in [3.63, 3.8) is 0 Å². The van der Waals surface area contributed by atoms with E-state index in [0.717, 1.165) is 24.1 Å². The number of hydrogen-bond donors (Lipinski definition) is 1. The van der Waals surface area contributed by atoms with Crippen LogP contribution in [0.2, 0.25) is 0 Å². The quantitative estimate of drug-likeness (QED) is 0.783. The van der Waals surface area contributed by atoms with E-state index in [1.54, 1.807) is 4.90 Å². The minimum Gasteiger partial charge on any atom is -0.320 e. The smallest absolute Gasteiger partial charge is 0.320 e. The summed E-state index contributed by atoms with van der Waals surface area (Å²) >= 11 is 0. The molecule has 26 heavy (non-hydrogen) atoms. The van der Waals surface area contributed by atoms with Gasteiger partial charge in [0.15, 0.2) is 0 Å². The molecule has 0 unspecified atom stereocenters. The molecule has 5 nitrogen and oxygen atoms in total. The maximum absolute atomic E-state index is 12.5. The molecule has 0 atom stereocenters. The molecule has 1 N–H and O–H groups in total. The van der Waals surface area contributed by atoms with Gasteiger partial charge in [-0.2, -0.15) is 8.78 Å². The SMILES string of the molecule is CCCN(Cc1ccccc1)C(=O)Nc1ccc(S(=O)(=O)C(F)F)cc1. The van der Waals surface area contributed by atoms with Gasteiger partial charge in [0.05, 0.1) is 4.90 Å². The topological polar surface area (TPSA) is 66.5 Å². The van der Waals surface area contributed by atoms with E-state index >= 15 is 0 Å². The Bertz CT molecular complexity index is 825. The molecular formula is C18H20F2N2O3S. The molecule has 0 saturated heterocycles. The number of halogens is 2. The second-order valence-corrected chi connectivity index (χ2v) is 7.59. The van der Waals surface area contributed by atoms with E-state index < -0.39 is 20.5 Å². The van der Waals surface area contributed by atoms with Gasteiger partial charge in [-0.3, -0.25) is 0 Å². The Balaban J connectivity index is 2.09. The van der Waals surface area contributed by atoms with Gasteiger partial charge in [0, 0.05) is 18.8 Å². The van der Waals surface area contributed by atoms with Crippen LogP contribution in [0.25, 0.3) is 0 Å². The van der Waals surface area contributed by atoms with Crippen LogP contribution in [-0.4, -0.2) is 31.7 Å². The Labute approximate surface area is 151 Å². The van der Waals surface area contributed by atoms with Crippen molar-refractivity contribution in [3.05, 3.63) is 60.2 Å². The second kappa shape index (κ2) is 8.75. The maximum Gasteiger partial charge on any atom is 0.341 e. The molecule has 0 heterocycles. The van der Waals surface area contributed by atoms with Crippen LogP contribution in [-0.2, 0) is 16.4 Å². The molecule has 2 aromatic rings. The summed E-state index contributed by atoms with van der Waals surface area (Å²) in [5, 5.41) is 2.66. The van der Waals surface area contributed by atoms with Crippen LogP contribution >= 0.6 is 0 Å². The van der Waals surface area contributed by atoms with Crippen molar-refractivity contribution in [2.45, 2.75) is 30.5 Å². The minimum atomic E-state index is -4.64. The normalized spacial score (nSPS) is 11.4. The molecule has 140 valence electrons. The number of nitrogens with zero attached hydrogens (tertiary/aromatic N) is 1. The number of nitrogens with one attached hydrogen (secondary N) is 1. The fourth-order valence-corrected chi connectivity index (χ4v) is 3.08. The highest BCUT2D eigenvalue weighted by Crippen LogP contribution is 2.20. The van der Waals surface area contributed by atoms with Crippen molar-refractivity contribution in [3.8, 4) is 0 Å². The molecule has 2 rings (SSSR count). The van der Waals surface area contributed by atoms with E-state index in [9.17, 15) is 22.0 Å². The molecule has 0 fully saturated rings. The summed E-state index contributed by atoms with van der Waals surface area (Å²) in [4.78, 5) is 13.6. The van der Waals surface area contributed by atoms with Gasteiger partial charge >= 0.3 is 11.8 Å². The molecule has 0 aliphatic heterocycles. The Morgan fingerprint density at radius 3 is 2.23 bits per heavy atom. The number of carbonyl (C=O) groups excluding carboxylic acids is 1. The number of rotatable bonds is 7. The molecular weight excluding hydrogens is 362 g/mol. The van der Waals surface area contributed by atoms with Crippen LogP contribution in [0.3, 0.4) is 0 Å². The number of hydrogen-bond acceptors (Lipinski definition) is 3. The number of amides is 2. The Hall–Kier alpha value is -2.48. The monoisotopic (exact) mass is 382 g/mol.